The zero-order valence-corrected chi connectivity index (χ0v) is 16.1. The fraction of sp³-hybridized carbons (Fsp3) is 0.500. The van der Waals surface area contributed by atoms with Crippen molar-refractivity contribution in [3.05, 3.63) is 36.7 Å². The first-order valence-corrected chi connectivity index (χ1v) is 9.06. The van der Waals surface area contributed by atoms with E-state index in [9.17, 15) is 9.18 Å². The molecule has 1 amide bonds. The Morgan fingerprint density at radius 3 is 2.74 bits per heavy atom. The third kappa shape index (κ3) is 9.61. The Hall–Kier alpha value is -1.08. The summed E-state index contributed by atoms with van der Waals surface area (Å²) >= 11 is 4.51. The van der Waals surface area contributed by atoms with Gasteiger partial charge in [-0.25, -0.2) is 4.39 Å². The number of carbonyl (C=O) groups excluding carboxylic acids is 1. The number of nitrogens with one attached hydrogen (secondary N) is 1. The van der Waals surface area contributed by atoms with Gasteiger partial charge in [0.1, 0.15) is 16.8 Å². The second-order valence-corrected chi connectivity index (χ2v) is 7.04. The van der Waals surface area contributed by atoms with Crippen molar-refractivity contribution in [2.75, 3.05) is 20.1 Å². The van der Waals surface area contributed by atoms with Crippen molar-refractivity contribution in [3.63, 3.8) is 0 Å². The number of likely N-dealkylation sites (N-methyl/N-ethyl adjacent to an activating group) is 1. The number of carbonyl (C=O) groups is 1. The minimum absolute atomic E-state index is 0.0344. The molecule has 1 atom stereocenters. The molecule has 0 heterocycles. The second kappa shape index (κ2) is 13.4. The lowest BCUT2D eigenvalue weighted by atomic mass is 10.1. The summed E-state index contributed by atoms with van der Waals surface area (Å²) in [6.45, 7) is 10.0. The van der Waals surface area contributed by atoms with Gasteiger partial charge in [0.15, 0.2) is 0 Å². The van der Waals surface area contributed by atoms with Crippen LogP contribution in [0.15, 0.2) is 41.7 Å². The molecule has 0 aromatic rings. The van der Waals surface area contributed by atoms with E-state index in [4.69, 9.17) is 0 Å². The molecule has 0 aliphatic heterocycles. The summed E-state index contributed by atoms with van der Waals surface area (Å²) in [6, 6.07) is -0.451. The first kappa shape index (κ1) is 21.9. The van der Waals surface area contributed by atoms with Gasteiger partial charge in [0.2, 0.25) is 5.91 Å². The molecule has 0 spiro atoms. The average Bonchev–Trinajstić information content (AvgIpc) is 2.52. The molecule has 1 unspecified atom stereocenters. The maximum Gasteiger partial charge on any atom is 0.242 e. The predicted octanol–water partition coefficient (Wildman–Crippen LogP) is 4.22. The number of hydrogen-bond donors (Lipinski definition) is 1. The topological polar surface area (TPSA) is 44.7 Å². The van der Waals surface area contributed by atoms with Crippen LogP contribution < -0.4 is 5.32 Å². The number of thioether (sulfide) groups is 1. The van der Waals surface area contributed by atoms with E-state index in [0.717, 1.165) is 19.4 Å². The molecule has 0 saturated carbocycles. The van der Waals surface area contributed by atoms with E-state index < -0.39 is 6.04 Å². The molecule has 0 aromatic carbocycles. The van der Waals surface area contributed by atoms with Crippen molar-refractivity contribution in [1.82, 2.24) is 10.2 Å². The SMILES string of the molecule is C=CCC(NC(=O)CN=C(Br)SC=C)/C(=C/F)N(C)CCCC. The minimum Gasteiger partial charge on any atom is -0.374 e. The maximum absolute atomic E-state index is 13.3. The molecule has 130 valence electrons. The number of nitrogens with zero attached hydrogens (tertiary/aromatic N) is 2. The zero-order chi connectivity index (χ0) is 17.7. The molecule has 23 heavy (non-hydrogen) atoms. The van der Waals surface area contributed by atoms with Crippen LogP contribution in [-0.2, 0) is 4.79 Å². The van der Waals surface area contributed by atoms with Crippen molar-refractivity contribution < 1.29 is 9.18 Å². The summed E-state index contributed by atoms with van der Waals surface area (Å²) < 4.78 is 13.9. The van der Waals surface area contributed by atoms with E-state index in [1.165, 1.54) is 11.8 Å². The molecule has 0 rings (SSSR count). The summed E-state index contributed by atoms with van der Waals surface area (Å²) in [7, 11) is 1.82. The minimum atomic E-state index is -0.451. The van der Waals surface area contributed by atoms with Crippen LogP contribution in [0.5, 0.6) is 0 Å². The third-order valence-electron chi connectivity index (χ3n) is 3.02. The van der Waals surface area contributed by atoms with Gasteiger partial charge in [-0.15, -0.1) is 6.58 Å². The Bertz CT molecular complexity index is 455. The summed E-state index contributed by atoms with van der Waals surface area (Å²) in [5, 5.41) is 4.41. The van der Waals surface area contributed by atoms with Gasteiger partial charge in [0.25, 0.3) is 0 Å². The first-order chi connectivity index (χ1) is 11.0. The number of hydrogen-bond acceptors (Lipinski definition) is 4. The summed E-state index contributed by atoms with van der Waals surface area (Å²) in [4.78, 5) is 17.9. The molecule has 0 bridgehead atoms. The molecular formula is C16H25BrFN3OS. The summed E-state index contributed by atoms with van der Waals surface area (Å²) in [5.41, 5.74) is 0.440. The Kier molecular flexibility index (Phi) is 12.7. The van der Waals surface area contributed by atoms with Crippen LogP contribution in [0.25, 0.3) is 0 Å². The lowest BCUT2D eigenvalue weighted by molar-refractivity contribution is -0.120. The standard InChI is InChI=1S/C16H25BrFN3OS/c1-5-8-10-21(4)14(11-18)13(9-6-2)20-15(22)12-19-16(17)23-7-3/h6-7,11,13H,2-3,5,8-10,12H2,1,4H3,(H,20,22)/b14-11-,19-16?. The highest BCUT2D eigenvalue weighted by Crippen LogP contribution is 2.14. The number of unbranched alkanes of at least 4 members (excludes halogenated alkanes) is 1. The van der Waals surface area contributed by atoms with Gasteiger partial charge in [-0.05, 0) is 34.2 Å². The van der Waals surface area contributed by atoms with E-state index in [-0.39, 0.29) is 12.5 Å². The van der Waals surface area contributed by atoms with Crippen molar-refractivity contribution in [1.29, 1.82) is 0 Å². The Morgan fingerprint density at radius 2 is 2.22 bits per heavy atom. The van der Waals surface area contributed by atoms with Crippen LogP contribution in [0, 0.1) is 0 Å². The van der Waals surface area contributed by atoms with Crippen molar-refractivity contribution in [2.24, 2.45) is 4.99 Å². The number of halogens is 2. The predicted molar refractivity (Wildman–Crippen MR) is 102 cm³/mol. The Balaban J connectivity index is 4.82. The van der Waals surface area contributed by atoms with Crippen LogP contribution >= 0.6 is 27.7 Å². The van der Waals surface area contributed by atoms with Crippen LogP contribution in [-0.4, -0.2) is 40.9 Å². The molecule has 0 saturated heterocycles. The number of rotatable bonds is 11. The number of aliphatic imine (C=N–C) groups is 1. The van der Waals surface area contributed by atoms with Crippen molar-refractivity contribution in [3.8, 4) is 0 Å². The lowest BCUT2D eigenvalue weighted by Gasteiger charge is -2.28. The highest BCUT2D eigenvalue weighted by atomic mass is 79.9. The van der Waals surface area contributed by atoms with Crippen LogP contribution in [0.3, 0.4) is 0 Å². The zero-order valence-electron chi connectivity index (χ0n) is 13.7. The largest absolute Gasteiger partial charge is 0.374 e. The first-order valence-electron chi connectivity index (χ1n) is 7.39. The van der Waals surface area contributed by atoms with Gasteiger partial charge in [-0.3, -0.25) is 9.79 Å². The highest BCUT2D eigenvalue weighted by Gasteiger charge is 2.19. The molecule has 0 fully saturated rings. The van der Waals surface area contributed by atoms with Gasteiger partial charge >= 0.3 is 0 Å². The molecule has 0 aliphatic carbocycles. The summed E-state index contributed by atoms with van der Waals surface area (Å²) in [6.07, 6.45) is 4.64. The fourth-order valence-corrected chi connectivity index (χ4v) is 2.65. The molecule has 0 aliphatic rings. The van der Waals surface area contributed by atoms with Gasteiger partial charge in [-0.1, -0.05) is 37.8 Å². The second-order valence-electron chi connectivity index (χ2n) is 4.81. The van der Waals surface area contributed by atoms with Crippen LogP contribution in [0.4, 0.5) is 4.39 Å². The number of amides is 1. The highest BCUT2D eigenvalue weighted by molar-refractivity contribution is 9.22. The normalized spacial score (nSPS) is 13.4. The fourth-order valence-electron chi connectivity index (χ4n) is 1.85. The maximum atomic E-state index is 13.3. The van der Waals surface area contributed by atoms with Gasteiger partial charge in [-0.2, -0.15) is 0 Å². The van der Waals surface area contributed by atoms with E-state index in [0.29, 0.717) is 22.4 Å². The van der Waals surface area contributed by atoms with E-state index in [2.05, 4.69) is 46.3 Å². The van der Waals surface area contributed by atoms with Crippen LogP contribution in [0.1, 0.15) is 26.2 Å². The molecule has 0 radical (unpaired) electrons. The molecule has 7 heteroatoms. The quantitative estimate of drug-likeness (QED) is 0.318. The van der Waals surface area contributed by atoms with Gasteiger partial charge in [0.05, 0.1) is 11.7 Å². The van der Waals surface area contributed by atoms with Crippen LogP contribution in [0.2, 0.25) is 0 Å². The average molecular weight is 406 g/mol. The Labute approximate surface area is 151 Å². The molecule has 4 nitrogen and oxygen atoms in total. The monoisotopic (exact) mass is 405 g/mol. The molecule has 0 aromatic heterocycles. The lowest BCUT2D eigenvalue weighted by Crippen LogP contribution is -2.41. The van der Waals surface area contributed by atoms with Crippen molar-refractivity contribution >= 4 is 37.6 Å². The van der Waals surface area contributed by atoms with Gasteiger partial charge in [0, 0.05) is 13.6 Å². The molecular weight excluding hydrogens is 381 g/mol. The van der Waals surface area contributed by atoms with E-state index >= 15 is 0 Å². The van der Waals surface area contributed by atoms with E-state index in [1.807, 2.05) is 11.9 Å². The summed E-state index contributed by atoms with van der Waals surface area (Å²) in [5.74, 6) is -0.276. The van der Waals surface area contributed by atoms with E-state index in [1.54, 1.807) is 11.5 Å². The molecule has 1 N–H and O–H groups in total. The Morgan fingerprint density at radius 1 is 1.52 bits per heavy atom. The van der Waals surface area contributed by atoms with Crippen molar-refractivity contribution in [2.45, 2.75) is 32.2 Å². The third-order valence-corrected chi connectivity index (χ3v) is 4.32. The van der Waals surface area contributed by atoms with Gasteiger partial charge < -0.3 is 10.2 Å². The smallest absolute Gasteiger partial charge is 0.242 e.